The van der Waals surface area contributed by atoms with Crippen molar-refractivity contribution in [2.24, 2.45) is 0 Å². The van der Waals surface area contributed by atoms with Gasteiger partial charge < -0.3 is 0 Å². The van der Waals surface area contributed by atoms with Crippen LogP contribution in [0.2, 0.25) is 0 Å². The lowest BCUT2D eigenvalue weighted by atomic mass is 10.4. The lowest BCUT2D eigenvalue weighted by Crippen LogP contribution is -2.26. The lowest BCUT2D eigenvalue weighted by molar-refractivity contribution is 0.584. The van der Waals surface area contributed by atoms with E-state index in [1.54, 1.807) is 24.3 Å². The minimum atomic E-state index is -3.45. The summed E-state index contributed by atoms with van der Waals surface area (Å²) in [6, 6.07) is 6.49. The monoisotopic (exact) mass is 362 g/mol. The Morgan fingerprint density at radius 2 is 2.05 bits per heavy atom. The quantitative estimate of drug-likeness (QED) is 0.602. The molecular formula is C10H11BrN4O2S2. The Morgan fingerprint density at radius 1 is 1.32 bits per heavy atom. The van der Waals surface area contributed by atoms with Gasteiger partial charge in [0.25, 0.3) is 0 Å². The van der Waals surface area contributed by atoms with Gasteiger partial charge in [-0.15, -0.1) is 0 Å². The maximum Gasteiger partial charge on any atom is 0.240 e. The van der Waals surface area contributed by atoms with E-state index in [-0.39, 0.29) is 4.90 Å². The Hall–Kier alpha value is -0.900. The van der Waals surface area contributed by atoms with Crippen LogP contribution in [0.15, 0.2) is 45.1 Å². The number of nitrogens with zero attached hydrogens (tertiary/aromatic N) is 2. The Kier molecular flexibility index (Phi) is 4.97. The number of sulfonamides is 1. The second kappa shape index (κ2) is 6.51. The molecule has 19 heavy (non-hydrogen) atoms. The molecule has 2 rings (SSSR count). The number of hydrogen-bond acceptors (Lipinski definition) is 5. The van der Waals surface area contributed by atoms with Crippen molar-refractivity contribution in [2.75, 3.05) is 12.3 Å². The summed E-state index contributed by atoms with van der Waals surface area (Å²) in [7, 11) is -3.45. The van der Waals surface area contributed by atoms with E-state index in [4.69, 9.17) is 0 Å². The van der Waals surface area contributed by atoms with Crippen LogP contribution in [-0.2, 0) is 10.0 Å². The summed E-state index contributed by atoms with van der Waals surface area (Å²) in [6.07, 6.45) is 1.41. The first-order valence-electron chi connectivity index (χ1n) is 5.31. The van der Waals surface area contributed by atoms with Gasteiger partial charge in [-0.25, -0.2) is 18.1 Å². The van der Waals surface area contributed by atoms with Crippen LogP contribution in [0.25, 0.3) is 0 Å². The third kappa shape index (κ3) is 4.30. The van der Waals surface area contributed by atoms with E-state index in [0.29, 0.717) is 17.5 Å². The molecule has 9 heteroatoms. The molecule has 0 spiro atoms. The van der Waals surface area contributed by atoms with Crippen molar-refractivity contribution in [1.82, 2.24) is 19.9 Å². The zero-order valence-electron chi connectivity index (χ0n) is 9.71. The van der Waals surface area contributed by atoms with Gasteiger partial charge in [-0.3, -0.25) is 5.10 Å². The van der Waals surface area contributed by atoms with Crippen LogP contribution in [0.4, 0.5) is 0 Å². The molecule has 1 heterocycles. The number of nitrogens with one attached hydrogen (secondary N) is 2. The first kappa shape index (κ1) is 14.5. The van der Waals surface area contributed by atoms with Crippen molar-refractivity contribution in [2.45, 2.75) is 10.1 Å². The van der Waals surface area contributed by atoms with Crippen LogP contribution in [0.5, 0.6) is 0 Å². The number of benzene rings is 1. The standard InChI is InChI=1S/C10H11BrN4O2S2/c11-8-1-3-9(4-2-8)19(16,17)14-5-6-18-10-12-7-13-15-10/h1-4,7,14H,5-6H2,(H,12,13,15). The molecule has 0 aliphatic carbocycles. The normalized spacial score (nSPS) is 11.6. The molecule has 2 aromatic rings. The molecule has 0 bridgehead atoms. The van der Waals surface area contributed by atoms with Gasteiger partial charge >= 0.3 is 0 Å². The number of aromatic nitrogens is 3. The molecule has 0 unspecified atom stereocenters. The van der Waals surface area contributed by atoms with Crippen molar-refractivity contribution in [1.29, 1.82) is 0 Å². The van der Waals surface area contributed by atoms with Gasteiger partial charge in [0.2, 0.25) is 10.0 Å². The predicted molar refractivity (Wildman–Crippen MR) is 76.4 cm³/mol. The highest BCUT2D eigenvalue weighted by Crippen LogP contribution is 2.15. The molecule has 1 aromatic carbocycles. The molecule has 0 fully saturated rings. The summed E-state index contributed by atoms with van der Waals surface area (Å²) >= 11 is 4.66. The fourth-order valence-corrected chi connectivity index (χ4v) is 3.35. The van der Waals surface area contributed by atoms with Gasteiger partial charge in [0.05, 0.1) is 4.90 Å². The number of hydrogen-bond donors (Lipinski definition) is 2. The van der Waals surface area contributed by atoms with E-state index in [1.807, 2.05) is 0 Å². The number of aromatic amines is 1. The summed E-state index contributed by atoms with van der Waals surface area (Å²) in [6.45, 7) is 0.323. The number of H-pyrrole nitrogens is 1. The van der Waals surface area contributed by atoms with E-state index >= 15 is 0 Å². The first-order valence-corrected chi connectivity index (χ1v) is 8.57. The molecule has 0 radical (unpaired) electrons. The summed E-state index contributed by atoms with van der Waals surface area (Å²) in [5.74, 6) is 0.574. The minimum Gasteiger partial charge on any atom is -0.254 e. The predicted octanol–water partition coefficient (Wildman–Crippen LogP) is 1.64. The van der Waals surface area contributed by atoms with E-state index in [9.17, 15) is 8.42 Å². The van der Waals surface area contributed by atoms with Crippen molar-refractivity contribution >= 4 is 37.7 Å². The SMILES string of the molecule is O=S(=O)(NCCSc1ncn[nH]1)c1ccc(Br)cc1. The van der Waals surface area contributed by atoms with Crippen LogP contribution in [0, 0.1) is 0 Å². The van der Waals surface area contributed by atoms with Gasteiger partial charge in [0.1, 0.15) is 6.33 Å². The maximum atomic E-state index is 11.9. The van der Waals surface area contributed by atoms with Crippen molar-refractivity contribution in [3.63, 3.8) is 0 Å². The fraction of sp³-hybridized carbons (Fsp3) is 0.200. The molecule has 0 aliphatic heterocycles. The summed E-state index contributed by atoms with van der Waals surface area (Å²) in [5, 5.41) is 7.07. The molecule has 2 N–H and O–H groups in total. The average molecular weight is 363 g/mol. The van der Waals surface area contributed by atoms with Crippen LogP contribution in [0.3, 0.4) is 0 Å². The zero-order chi connectivity index (χ0) is 13.7. The molecule has 0 aliphatic rings. The minimum absolute atomic E-state index is 0.250. The van der Waals surface area contributed by atoms with E-state index in [2.05, 4.69) is 35.8 Å². The molecule has 0 amide bonds. The van der Waals surface area contributed by atoms with Gasteiger partial charge in [-0.2, -0.15) is 5.10 Å². The van der Waals surface area contributed by atoms with Crippen LogP contribution >= 0.6 is 27.7 Å². The Bertz CT molecular complexity index is 613. The summed E-state index contributed by atoms with van der Waals surface area (Å²) in [5.41, 5.74) is 0. The number of halogens is 1. The second-order valence-electron chi connectivity index (χ2n) is 3.49. The second-order valence-corrected chi connectivity index (χ2v) is 7.26. The van der Waals surface area contributed by atoms with Gasteiger partial charge in [0, 0.05) is 16.8 Å². The van der Waals surface area contributed by atoms with Crippen molar-refractivity contribution < 1.29 is 8.42 Å². The highest BCUT2D eigenvalue weighted by molar-refractivity contribution is 9.10. The first-order chi connectivity index (χ1) is 9.08. The van der Waals surface area contributed by atoms with Crippen molar-refractivity contribution in [3.8, 4) is 0 Å². The topological polar surface area (TPSA) is 87.7 Å². The molecule has 102 valence electrons. The Balaban J connectivity index is 1.86. The van der Waals surface area contributed by atoms with Gasteiger partial charge in [-0.1, -0.05) is 27.7 Å². The van der Waals surface area contributed by atoms with E-state index in [0.717, 1.165) is 4.47 Å². The largest absolute Gasteiger partial charge is 0.254 e. The smallest absolute Gasteiger partial charge is 0.240 e. The van der Waals surface area contributed by atoms with Crippen LogP contribution < -0.4 is 4.72 Å². The fourth-order valence-electron chi connectivity index (χ4n) is 1.28. The van der Waals surface area contributed by atoms with E-state index in [1.165, 1.54) is 18.1 Å². The highest BCUT2D eigenvalue weighted by Gasteiger charge is 2.12. The molecule has 0 atom stereocenters. The average Bonchev–Trinajstić information content (AvgIpc) is 2.88. The molecule has 1 aromatic heterocycles. The lowest BCUT2D eigenvalue weighted by Gasteiger charge is -2.06. The Labute approximate surface area is 123 Å². The molecule has 0 saturated carbocycles. The number of thioether (sulfide) groups is 1. The highest BCUT2D eigenvalue weighted by atomic mass is 79.9. The van der Waals surface area contributed by atoms with Crippen molar-refractivity contribution in [3.05, 3.63) is 35.1 Å². The third-order valence-corrected chi connectivity index (χ3v) is 5.03. The third-order valence-electron chi connectivity index (χ3n) is 2.15. The summed E-state index contributed by atoms with van der Waals surface area (Å²) in [4.78, 5) is 4.18. The van der Waals surface area contributed by atoms with Crippen LogP contribution in [-0.4, -0.2) is 35.9 Å². The molecule has 0 saturated heterocycles. The van der Waals surface area contributed by atoms with Gasteiger partial charge in [-0.05, 0) is 24.3 Å². The Morgan fingerprint density at radius 3 is 2.68 bits per heavy atom. The maximum absolute atomic E-state index is 11.9. The molecule has 6 nitrogen and oxygen atoms in total. The zero-order valence-corrected chi connectivity index (χ0v) is 12.9. The summed E-state index contributed by atoms with van der Waals surface area (Å²) < 4.78 is 27.2. The number of rotatable bonds is 6. The van der Waals surface area contributed by atoms with Gasteiger partial charge in [0.15, 0.2) is 5.16 Å². The van der Waals surface area contributed by atoms with E-state index < -0.39 is 10.0 Å². The molecular weight excluding hydrogens is 352 g/mol. The van der Waals surface area contributed by atoms with Crippen LogP contribution in [0.1, 0.15) is 0 Å².